The van der Waals surface area contributed by atoms with Gasteiger partial charge < -0.3 is 15.2 Å². The number of carboxylic acids is 1. The van der Waals surface area contributed by atoms with E-state index in [2.05, 4.69) is 27.1 Å². The molecule has 20 heavy (non-hydrogen) atoms. The van der Waals surface area contributed by atoms with E-state index >= 15 is 0 Å². The summed E-state index contributed by atoms with van der Waals surface area (Å²) in [5.41, 5.74) is 0.602. The minimum Gasteiger partial charge on any atom is -0.478 e. The van der Waals surface area contributed by atoms with E-state index in [0.29, 0.717) is 11.6 Å². The molecule has 2 heterocycles. The first-order valence-corrected chi connectivity index (χ1v) is 6.70. The van der Waals surface area contributed by atoms with Crippen LogP contribution in [0.3, 0.4) is 0 Å². The molecule has 0 radical (unpaired) electrons. The molecule has 1 aromatic rings. The zero-order valence-corrected chi connectivity index (χ0v) is 11.8. The Kier molecular flexibility index (Phi) is 4.86. The monoisotopic (exact) mass is 280 g/mol. The van der Waals surface area contributed by atoms with Crippen LogP contribution >= 0.6 is 0 Å². The third kappa shape index (κ3) is 3.88. The molecule has 110 valence electrons. The van der Waals surface area contributed by atoms with Crippen LogP contribution in [0.15, 0.2) is 6.20 Å². The van der Waals surface area contributed by atoms with Gasteiger partial charge in [0, 0.05) is 31.9 Å². The highest BCUT2D eigenvalue weighted by Gasteiger charge is 2.15. The SMILES string of the molecule is Cc1nc(NC(C)CN2CCOCC2)ncc1C(=O)O. The second kappa shape index (κ2) is 6.62. The first-order valence-electron chi connectivity index (χ1n) is 6.70. The number of rotatable bonds is 5. The largest absolute Gasteiger partial charge is 0.478 e. The van der Waals surface area contributed by atoms with Crippen molar-refractivity contribution in [2.45, 2.75) is 19.9 Å². The van der Waals surface area contributed by atoms with Gasteiger partial charge in [-0.25, -0.2) is 14.8 Å². The van der Waals surface area contributed by atoms with Crippen molar-refractivity contribution < 1.29 is 14.6 Å². The lowest BCUT2D eigenvalue weighted by Gasteiger charge is -2.29. The standard InChI is InChI=1S/C13H20N4O3/c1-9(8-17-3-5-20-6-4-17)15-13-14-7-11(12(18)19)10(2)16-13/h7,9H,3-6,8H2,1-2H3,(H,18,19)(H,14,15,16). The summed E-state index contributed by atoms with van der Waals surface area (Å²) in [6, 6.07) is 0.183. The fourth-order valence-corrected chi connectivity index (χ4v) is 2.18. The number of morpholine rings is 1. The fourth-order valence-electron chi connectivity index (χ4n) is 2.18. The maximum absolute atomic E-state index is 10.9. The molecule has 1 fully saturated rings. The van der Waals surface area contributed by atoms with E-state index in [1.54, 1.807) is 6.92 Å². The van der Waals surface area contributed by atoms with Crippen molar-refractivity contribution in [2.24, 2.45) is 0 Å². The lowest BCUT2D eigenvalue weighted by atomic mass is 10.2. The molecule has 0 aliphatic carbocycles. The van der Waals surface area contributed by atoms with Crippen molar-refractivity contribution in [1.29, 1.82) is 0 Å². The number of carbonyl (C=O) groups is 1. The third-order valence-electron chi connectivity index (χ3n) is 3.22. The predicted octanol–water partition coefficient (Wildman–Crippen LogP) is 0.616. The molecule has 1 aliphatic rings. The molecule has 0 bridgehead atoms. The van der Waals surface area contributed by atoms with Crippen molar-refractivity contribution in [3.05, 3.63) is 17.5 Å². The van der Waals surface area contributed by atoms with Crippen LogP contribution in [0.4, 0.5) is 5.95 Å². The molecule has 1 unspecified atom stereocenters. The van der Waals surface area contributed by atoms with E-state index in [4.69, 9.17) is 9.84 Å². The quantitative estimate of drug-likeness (QED) is 0.817. The number of anilines is 1. The molecule has 0 amide bonds. The van der Waals surface area contributed by atoms with Gasteiger partial charge in [0.25, 0.3) is 0 Å². The molecule has 0 spiro atoms. The molecular weight excluding hydrogens is 260 g/mol. The highest BCUT2D eigenvalue weighted by Crippen LogP contribution is 2.08. The van der Waals surface area contributed by atoms with Crippen LogP contribution < -0.4 is 5.32 Å². The molecule has 1 saturated heterocycles. The maximum Gasteiger partial charge on any atom is 0.339 e. The van der Waals surface area contributed by atoms with Crippen molar-refractivity contribution in [3.8, 4) is 0 Å². The van der Waals surface area contributed by atoms with Crippen molar-refractivity contribution >= 4 is 11.9 Å². The molecule has 0 aromatic carbocycles. The van der Waals surface area contributed by atoms with E-state index in [9.17, 15) is 4.79 Å². The van der Waals surface area contributed by atoms with E-state index in [1.165, 1.54) is 6.20 Å². The van der Waals surface area contributed by atoms with Crippen LogP contribution in [-0.2, 0) is 4.74 Å². The van der Waals surface area contributed by atoms with Gasteiger partial charge in [0.1, 0.15) is 0 Å². The van der Waals surface area contributed by atoms with Gasteiger partial charge in [-0.2, -0.15) is 0 Å². The highest BCUT2D eigenvalue weighted by molar-refractivity contribution is 5.88. The first-order chi connectivity index (χ1) is 9.56. The average Bonchev–Trinajstić information content (AvgIpc) is 2.39. The molecule has 0 saturated carbocycles. The Morgan fingerprint density at radius 1 is 1.55 bits per heavy atom. The smallest absolute Gasteiger partial charge is 0.339 e. The number of aromatic nitrogens is 2. The van der Waals surface area contributed by atoms with Gasteiger partial charge in [-0.3, -0.25) is 4.90 Å². The lowest BCUT2D eigenvalue weighted by molar-refractivity contribution is 0.0368. The number of hydrogen-bond acceptors (Lipinski definition) is 6. The summed E-state index contributed by atoms with van der Waals surface area (Å²) in [4.78, 5) is 21.4. The average molecular weight is 280 g/mol. The second-order valence-corrected chi connectivity index (χ2v) is 4.96. The van der Waals surface area contributed by atoms with Gasteiger partial charge in [-0.15, -0.1) is 0 Å². The van der Waals surface area contributed by atoms with Crippen LogP contribution in [0.2, 0.25) is 0 Å². The Balaban J connectivity index is 1.92. The molecule has 1 aromatic heterocycles. The van der Waals surface area contributed by atoms with E-state index in [0.717, 1.165) is 32.8 Å². The number of ether oxygens (including phenoxy) is 1. The zero-order valence-electron chi connectivity index (χ0n) is 11.8. The Morgan fingerprint density at radius 3 is 2.85 bits per heavy atom. The topological polar surface area (TPSA) is 87.6 Å². The molecule has 1 atom stereocenters. The molecule has 7 heteroatoms. The van der Waals surface area contributed by atoms with Crippen LogP contribution in [0.25, 0.3) is 0 Å². The summed E-state index contributed by atoms with van der Waals surface area (Å²) in [6.07, 6.45) is 1.34. The van der Waals surface area contributed by atoms with Crippen LogP contribution in [0.5, 0.6) is 0 Å². The minimum atomic E-state index is -1.00. The van der Waals surface area contributed by atoms with Gasteiger partial charge in [0.15, 0.2) is 0 Å². The lowest BCUT2D eigenvalue weighted by Crippen LogP contribution is -2.42. The summed E-state index contributed by atoms with van der Waals surface area (Å²) >= 11 is 0. The normalized spacial score (nSPS) is 17.7. The van der Waals surface area contributed by atoms with Gasteiger partial charge in [-0.1, -0.05) is 0 Å². The second-order valence-electron chi connectivity index (χ2n) is 4.96. The van der Waals surface area contributed by atoms with E-state index < -0.39 is 5.97 Å². The number of nitrogens with one attached hydrogen (secondary N) is 1. The summed E-state index contributed by atoms with van der Waals surface area (Å²) in [5, 5.41) is 12.1. The van der Waals surface area contributed by atoms with Gasteiger partial charge in [0.2, 0.25) is 5.95 Å². The van der Waals surface area contributed by atoms with Crippen molar-refractivity contribution in [2.75, 3.05) is 38.2 Å². The van der Waals surface area contributed by atoms with Crippen LogP contribution in [0, 0.1) is 6.92 Å². The van der Waals surface area contributed by atoms with Gasteiger partial charge >= 0.3 is 5.97 Å². The molecular formula is C13H20N4O3. The maximum atomic E-state index is 10.9. The Hall–Kier alpha value is -1.73. The number of carboxylic acid groups (broad SMARTS) is 1. The van der Waals surface area contributed by atoms with E-state index in [1.807, 2.05) is 0 Å². The van der Waals surface area contributed by atoms with Crippen molar-refractivity contribution in [3.63, 3.8) is 0 Å². The minimum absolute atomic E-state index is 0.136. The number of aryl methyl sites for hydroxylation is 1. The van der Waals surface area contributed by atoms with Gasteiger partial charge in [-0.05, 0) is 13.8 Å². The highest BCUT2D eigenvalue weighted by atomic mass is 16.5. The van der Waals surface area contributed by atoms with E-state index in [-0.39, 0.29) is 11.6 Å². The number of nitrogens with zero attached hydrogens (tertiary/aromatic N) is 3. The molecule has 2 N–H and O–H groups in total. The van der Waals surface area contributed by atoms with Crippen LogP contribution in [-0.4, -0.2) is 64.8 Å². The fraction of sp³-hybridized carbons (Fsp3) is 0.615. The first kappa shape index (κ1) is 14.7. The van der Waals surface area contributed by atoms with Crippen LogP contribution in [0.1, 0.15) is 23.0 Å². The Morgan fingerprint density at radius 2 is 2.25 bits per heavy atom. The summed E-state index contributed by atoms with van der Waals surface area (Å²) < 4.78 is 5.31. The predicted molar refractivity (Wildman–Crippen MR) is 74.1 cm³/mol. The summed E-state index contributed by atoms with van der Waals surface area (Å²) in [6.45, 7) is 8.02. The summed E-state index contributed by atoms with van der Waals surface area (Å²) in [7, 11) is 0. The Labute approximate surface area is 118 Å². The summed E-state index contributed by atoms with van der Waals surface area (Å²) in [5.74, 6) is -0.538. The molecule has 2 rings (SSSR count). The number of aromatic carboxylic acids is 1. The number of hydrogen-bond donors (Lipinski definition) is 2. The third-order valence-corrected chi connectivity index (χ3v) is 3.22. The molecule has 7 nitrogen and oxygen atoms in total. The Bertz CT molecular complexity index is 475. The zero-order chi connectivity index (χ0) is 14.5. The van der Waals surface area contributed by atoms with Gasteiger partial charge in [0.05, 0.1) is 24.5 Å². The molecule has 1 aliphatic heterocycles. The van der Waals surface area contributed by atoms with Crippen molar-refractivity contribution in [1.82, 2.24) is 14.9 Å².